The SMILES string of the molecule is CCCCCCCCCCCCCCCCCCCCCCCC(O)C(COC1OC(CO)C(OC2OC(CO)C(O)C(O)C2O)C(O)C1O)NC(=O)CCCCCCCCCCCCCCCCCCCC. The molecule has 0 aliphatic carbocycles. The maximum absolute atomic E-state index is 13.3. The molecular weight excluding hydrogens is 931 g/mol. The summed E-state index contributed by atoms with van der Waals surface area (Å²) in [5.74, 6) is -0.200. The quantitative estimate of drug-likeness (QED) is 0.0259. The van der Waals surface area contributed by atoms with Crippen LogP contribution >= 0.6 is 0 Å². The molecule has 73 heavy (non-hydrogen) atoms. The van der Waals surface area contributed by atoms with E-state index in [1.54, 1.807) is 0 Å². The first-order chi connectivity index (χ1) is 35.6. The molecule has 14 heteroatoms. The highest BCUT2D eigenvalue weighted by Gasteiger charge is 2.51. The van der Waals surface area contributed by atoms with E-state index in [9.17, 15) is 45.6 Å². The zero-order valence-electron chi connectivity index (χ0n) is 46.7. The third-order valence-electron chi connectivity index (χ3n) is 15.6. The standard InChI is InChI=1S/C59H115NO13/c1-3-5-7-9-11-13-15-17-19-21-23-24-25-26-28-30-32-34-36-38-40-42-48(63)47(60-51(64)43-41-39-37-35-33-31-29-27-22-20-18-16-14-12-10-8-6-4-2)46-70-58-56(69)54(67)57(50(45-62)72-58)73-59-55(68)53(66)52(65)49(44-61)71-59/h47-50,52-59,61-63,65-69H,3-46H2,1-2H3,(H,60,64). The molecule has 0 aromatic heterocycles. The van der Waals surface area contributed by atoms with Crippen molar-refractivity contribution in [2.24, 2.45) is 0 Å². The highest BCUT2D eigenvalue weighted by atomic mass is 16.7. The van der Waals surface area contributed by atoms with Gasteiger partial charge >= 0.3 is 0 Å². The lowest BCUT2D eigenvalue weighted by molar-refractivity contribution is -0.359. The number of hydrogen-bond acceptors (Lipinski definition) is 13. The summed E-state index contributed by atoms with van der Waals surface area (Å²) in [6.45, 7) is 2.91. The van der Waals surface area contributed by atoms with Crippen LogP contribution in [0.3, 0.4) is 0 Å². The molecule has 434 valence electrons. The Morgan fingerprint density at radius 3 is 1.16 bits per heavy atom. The summed E-state index contributed by atoms with van der Waals surface area (Å²) in [6, 6.07) is -0.822. The summed E-state index contributed by atoms with van der Waals surface area (Å²) in [5.41, 5.74) is 0. The van der Waals surface area contributed by atoms with Gasteiger partial charge in [-0.15, -0.1) is 0 Å². The summed E-state index contributed by atoms with van der Waals surface area (Å²) in [4.78, 5) is 13.3. The minimum absolute atomic E-state index is 0.200. The highest BCUT2D eigenvalue weighted by molar-refractivity contribution is 5.76. The molecule has 12 unspecified atom stereocenters. The fourth-order valence-corrected chi connectivity index (χ4v) is 10.6. The first kappa shape index (κ1) is 68.1. The lowest BCUT2D eigenvalue weighted by Gasteiger charge is -2.46. The summed E-state index contributed by atoms with van der Waals surface area (Å²) in [5, 5.41) is 87.3. The number of ether oxygens (including phenoxy) is 4. The first-order valence-corrected chi connectivity index (χ1v) is 30.8. The van der Waals surface area contributed by atoms with E-state index < -0.39 is 86.8 Å². The molecule has 12 atom stereocenters. The van der Waals surface area contributed by atoms with Crippen LogP contribution in [0.1, 0.15) is 277 Å². The molecule has 0 saturated carbocycles. The molecule has 14 nitrogen and oxygen atoms in total. The van der Waals surface area contributed by atoms with E-state index in [2.05, 4.69) is 19.2 Å². The van der Waals surface area contributed by atoms with Gasteiger partial charge in [0, 0.05) is 6.42 Å². The van der Waals surface area contributed by atoms with Crippen LogP contribution < -0.4 is 5.32 Å². The number of aliphatic hydroxyl groups is 8. The van der Waals surface area contributed by atoms with Crippen molar-refractivity contribution in [2.75, 3.05) is 19.8 Å². The third kappa shape index (κ3) is 31.9. The van der Waals surface area contributed by atoms with Crippen LogP contribution in [0, 0.1) is 0 Å². The molecule has 0 aromatic rings. The van der Waals surface area contributed by atoms with Gasteiger partial charge in [0.2, 0.25) is 5.91 Å². The van der Waals surface area contributed by atoms with Crippen LogP contribution in [0.2, 0.25) is 0 Å². The van der Waals surface area contributed by atoms with Gasteiger partial charge in [-0.3, -0.25) is 4.79 Å². The zero-order chi connectivity index (χ0) is 53.2. The zero-order valence-corrected chi connectivity index (χ0v) is 46.7. The Labute approximate surface area is 444 Å². The van der Waals surface area contributed by atoms with Crippen molar-refractivity contribution in [3.05, 3.63) is 0 Å². The van der Waals surface area contributed by atoms with Crippen molar-refractivity contribution in [1.82, 2.24) is 5.32 Å². The summed E-state index contributed by atoms with van der Waals surface area (Å²) >= 11 is 0. The fraction of sp³-hybridized carbons (Fsp3) is 0.983. The van der Waals surface area contributed by atoms with Gasteiger partial charge in [-0.05, 0) is 12.8 Å². The Balaban J connectivity index is 1.74. The van der Waals surface area contributed by atoms with Crippen LogP contribution in [0.4, 0.5) is 0 Å². The van der Waals surface area contributed by atoms with Gasteiger partial charge in [-0.1, -0.05) is 258 Å². The lowest BCUT2D eigenvalue weighted by Crippen LogP contribution is -2.65. The molecule has 1 amide bonds. The topological polar surface area (TPSA) is 228 Å². The second kappa shape index (κ2) is 46.0. The van der Waals surface area contributed by atoms with E-state index in [1.807, 2.05) is 0 Å². The molecule has 2 aliphatic heterocycles. The smallest absolute Gasteiger partial charge is 0.220 e. The maximum atomic E-state index is 13.3. The number of aliphatic hydroxyl groups excluding tert-OH is 8. The van der Waals surface area contributed by atoms with Crippen molar-refractivity contribution in [3.63, 3.8) is 0 Å². The number of unbranched alkanes of at least 4 members (excludes halogenated alkanes) is 37. The molecule has 2 rings (SSSR count). The average Bonchev–Trinajstić information content (AvgIpc) is 3.39. The van der Waals surface area contributed by atoms with E-state index in [0.29, 0.717) is 12.8 Å². The average molecular weight is 1050 g/mol. The molecule has 2 heterocycles. The van der Waals surface area contributed by atoms with Gasteiger partial charge in [0.1, 0.15) is 48.8 Å². The number of nitrogens with one attached hydrogen (secondary N) is 1. The second-order valence-electron chi connectivity index (χ2n) is 22.2. The first-order valence-electron chi connectivity index (χ1n) is 30.8. The van der Waals surface area contributed by atoms with Crippen LogP contribution in [0.25, 0.3) is 0 Å². The fourth-order valence-electron chi connectivity index (χ4n) is 10.6. The minimum atomic E-state index is -1.78. The molecule has 9 N–H and O–H groups in total. The van der Waals surface area contributed by atoms with Gasteiger partial charge in [0.05, 0.1) is 32.0 Å². The lowest BCUT2D eigenvalue weighted by atomic mass is 9.97. The number of carbonyl (C=O) groups is 1. The summed E-state index contributed by atoms with van der Waals surface area (Å²) in [6.07, 6.45) is 33.8. The van der Waals surface area contributed by atoms with E-state index in [-0.39, 0.29) is 12.5 Å². The number of carbonyl (C=O) groups excluding carboxylic acids is 1. The Morgan fingerprint density at radius 2 is 0.781 bits per heavy atom. The van der Waals surface area contributed by atoms with Crippen LogP contribution in [-0.4, -0.2) is 140 Å². The Morgan fingerprint density at radius 1 is 0.438 bits per heavy atom. The molecule has 2 saturated heterocycles. The van der Waals surface area contributed by atoms with E-state index >= 15 is 0 Å². The molecule has 0 aromatic carbocycles. The number of rotatable bonds is 50. The van der Waals surface area contributed by atoms with Crippen molar-refractivity contribution in [3.8, 4) is 0 Å². The number of amides is 1. The second-order valence-corrected chi connectivity index (χ2v) is 22.2. The largest absolute Gasteiger partial charge is 0.394 e. The Bertz CT molecular complexity index is 1230. The van der Waals surface area contributed by atoms with Gasteiger partial charge < -0.3 is 65.1 Å². The monoisotopic (exact) mass is 1050 g/mol. The molecule has 0 bridgehead atoms. The minimum Gasteiger partial charge on any atom is -0.394 e. The predicted molar refractivity (Wildman–Crippen MR) is 291 cm³/mol. The summed E-state index contributed by atoms with van der Waals surface area (Å²) < 4.78 is 22.9. The van der Waals surface area contributed by atoms with Gasteiger partial charge in [0.15, 0.2) is 12.6 Å². The van der Waals surface area contributed by atoms with Crippen molar-refractivity contribution in [1.29, 1.82) is 0 Å². The molecule has 2 fully saturated rings. The maximum Gasteiger partial charge on any atom is 0.220 e. The Kier molecular flexibility index (Phi) is 42.9. The molecular formula is C59H115NO13. The van der Waals surface area contributed by atoms with Crippen molar-refractivity contribution >= 4 is 5.91 Å². The normalized spacial score (nSPS) is 25.3. The van der Waals surface area contributed by atoms with E-state index in [4.69, 9.17) is 18.9 Å². The van der Waals surface area contributed by atoms with Gasteiger partial charge in [0.25, 0.3) is 0 Å². The summed E-state index contributed by atoms with van der Waals surface area (Å²) in [7, 11) is 0. The molecule has 0 spiro atoms. The molecule has 0 radical (unpaired) electrons. The third-order valence-corrected chi connectivity index (χ3v) is 15.6. The van der Waals surface area contributed by atoms with Crippen molar-refractivity contribution < 1.29 is 64.6 Å². The number of hydrogen-bond donors (Lipinski definition) is 9. The van der Waals surface area contributed by atoms with E-state index in [0.717, 1.165) is 51.4 Å². The Hall–Kier alpha value is -1.01. The van der Waals surface area contributed by atoms with E-state index in [1.165, 1.54) is 199 Å². The van der Waals surface area contributed by atoms with Crippen LogP contribution in [-0.2, 0) is 23.7 Å². The predicted octanol–water partition coefficient (Wildman–Crippen LogP) is 10.5. The van der Waals surface area contributed by atoms with Crippen molar-refractivity contribution in [2.45, 2.75) is 351 Å². The molecule has 2 aliphatic rings. The van der Waals surface area contributed by atoms with Crippen LogP contribution in [0.15, 0.2) is 0 Å². The van der Waals surface area contributed by atoms with Crippen LogP contribution in [0.5, 0.6) is 0 Å². The van der Waals surface area contributed by atoms with Gasteiger partial charge in [-0.2, -0.15) is 0 Å². The van der Waals surface area contributed by atoms with Gasteiger partial charge in [-0.25, -0.2) is 0 Å². The highest BCUT2D eigenvalue weighted by Crippen LogP contribution is 2.30.